The van der Waals surface area contributed by atoms with E-state index < -0.39 is 5.97 Å². The zero-order chi connectivity index (χ0) is 4.28. The maximum atomic E-state index is 9.26. The second kappa shape index (κ2) is 10.5. The van der Waals surface area contributed by atoms with Gasteiger partial charge in [0.05, 0.1) is 0 Å². The van der Waals surface area contributed by atoms with Gasteiger partial charge in [-0.1, -0.05) is 6.92 Å². The molecule has 0 radical (unpaired) electrons. The molecule has 4 heteroatoms. The van der Waals surface area contributed by atoms with Gasteiger partial charge in [0.1, 0.15) is 0 Å². The van der Waals surface area contributed by atoms with E-state index in [0.29, 0.717) is 0 Å². The number of hydrogen-bond donors (Lipinski definition) is 0. The third-order valence-electron chi connectivity index (χ3n) is 0.289. The summed E-state index contributed by atoms with van der Waals surface area (Å²) in [5, 5.41) is 9.26. The molecule has 30 valence electrons. The van der Waals surface area contributed by atoms with Gasteiger partial charge in [-0.25, -0.2) is 0 Å². The smallest absolute Gasteiger partial charge is 0.550 e. The third-order valence-corrected chi connectivity index (χ3v) is 0.289. The van der Waals surface area contributed by atoms with Crippen LogP contribution in [0.4, 0.5) is 0 Å². The van der Waals surface area contributed by atoms with Crippen molar-refractivity contribution in [1.29, 1.82) is 0 Å². The molecule has 0 N–H and O–H groups in total. The molecule has 0 aliphatic rings. The molecule has 0 saturated heterocycles. The molecule has 0 bridgehead atoms. The van der Waals surface area contributed by atoms with Gasteiger partial charge >= 0.3 is 60.8 Å². The summed E-state index contributed by atoms with van der Waals surface area (Å²) in [6.07, 6.45) is 0.111. The Labute approximate surface area is 88.8 Å². The molecule has 0 aliphatic heterocycles. The van der Waals surface area contributed by atoms with Crippen molar-refractivity contribution >= 4 is 66.8 Å². The van der Waals surface area contributed by atoms with Gasteiger partial charge in [-0.15, -0.1) is 0 Å². The van der Waals surface area contributed by atoms with E-state index in [0.717, 1.165) is 0 Å². The molecule has 0 aromatic heterocycles. The molecule has 0 aromatic carbocycles. The van der Waals surface area contributed by atoms with E-state index in [4.69, 9.17) is 0 Å². The number of carbonyl (C=O) groups excluding carboxylic acids is 1. The topological polar surface area (TPSA) is 40.1 Å². The van der Waals surface area contributed by atoms with Gasteiger partial charge in [-0.05, 0) is 6.42 Å². The van der Waals surface area contributed by atoms with Crippen LogP contribution in [0, 0.1) is 0 Å². The first-order valence-electron chi connectivity index (χ1n) is 1.47. The molecule has 2 nitrogen and oxygen atoms in total. The van der Waals surface area contributed by atoms with Crippen molar-refractivity contribution in [1.82, 2.24) is 0 Å². The third kappa shape index (κ3) is 18.5. The fourth-order valence-corrected chi connectivity index (χ4v) is 0. The molecule has 0 rings (SSSR count). The number of aliphatic carboxylic acids is 1. The van der Waals surface area contributed by atoms with Gasteiger partial charge < -0.3 is 9.90 Å². The molecule has 7 heavy (non-hydrogen) atoms. The fourth-order valence-electron chi connectivity index (χ4n) is 0. The molecule has 0 spiro atoms. The summed E-state index contributed by atoms with van der Waals surface area (Å²) in [7, 11) is 0. The van der Waals surface area contributed by atoms with Crippen molar-refractivity contribution < 1.29 is 9.90 Å². The second-order valence-electron chi connectivity index (χ2n) is 0.726. The summed E-state index contributed by atoms with van der Waals surface area (Å²) in [6.45, 7) is 1.54. The Morgan fingerprint density at radius 1 is 1.71 bits per heavy atom. The fraction of sp³-hybridized carbons (Fsp3) is 0.667. The van der Waals surface area contributed by atoms with E-state index in [1.165, 1.54) is 6.92 Å². The van der Waals surface area contributed by atoms with E-state index >= 15 is 0 Å². The molecule has 0 saturated carbocycles. The number of carboxylic acid groups (broad SMARTS) is 1. The second-order valence-corrected chi connectivity index (χ2v) is 0.726. The molecular formula is C3H5CaMgO2+3. The maximum absolute atomic E-state index is 9.26. The maximum Gasteiger partial charge on any atom is 2.00 e. The van der Waals surface area contributed by atoms with Gasteiger partial charge in [0.25, 0.3) is 0 Å². The first-order valence-corrected chi connectivity index (χ1v) is 1.47. The quantitative estimate of drug-likeness (QED) is 0.408. The molecule has 0 unspecified atom stereocenters. The molecule has 0 heterocycles. The van der Waals surface area contributed by atoms with Crippen molar-refractivity contribution in [3.8, 4) is 0 Å². The van der Waals surface area contributed by atoms with Crippen molar-refractivity contribution in [3.05, 3.63) is 0 Å². The summed E-state index contributed by atoms with van der Waals surface area (Å²) in [4.78, 5) is 9.26. The Morgan fingerprint density at radius 3 is 1.86 bits per heavy atom. The monoisotopic (exact) mass is 137 g/mol. The van der Waals surface area contributed by atoms with Crippen LogP contribution in [0.5, 0.6) is 0 Å². The molecule has 0 aromatic rings. The SMILES string of the molecule is CCC(=O)[O-].[Ca+2].[Mg+2]. The average Bonchev–Trinajstić information content (AvgIpc) is 1.38. The van der Waals surface area contributed by atoms with Gasteiger partial charge in [0.2, 0.25) is 0 Å². The largest absolute Gasteiger partial charge is 2.00 e. The zero-order valence-corrected chi connectivity index (χ0v) is 8.06. The molecule has 0 aliphatic carbocycles. The van der Waals surface area contributed by atoms with Crippen molar-refractivity contribution in [3.63, 3.8) is 0 Å². The Balaban J connectivity index is -0.0000000800. The minimum Gasteiger partial charge on any atom is -0.550 e. The van der Waals surface area contributed by atoms with Crippen LogP contribution in [0.2, 0.25) is 0 Å². The van der Waals surface area contributed by atoms with Gasteiger partial charge in [-0.2, -0.15) is 0 Å². The van der Waals surface area contributed by atoms with Crippen molar-refractivity contribution in [2.75, 3.05) is 0 Å². The van der Waals surface area contributed by atoms with Crippen LogP contribution in [-0.2, 0) is 4.79 Å². The van der Waals surface area contributed by atoms with E-state index in [9.17, 15) is 9.90 Å². The molecule has 0 fully saturated rings. The Morgan fingerprint density at radius 2 is 1.86 bits per heavy atom. The summed E-state index contributed by atoms with van der Waals surface area (Å²) in [6, 6.07) is 0. The van der Waals surface area contributed by atoms with Crippen LogP contribution in [0.15, 0.2) is 0 Å². The Hall–Kier alpha value is 1.50. The van der Waals surface area contributed by atoms with E-state index in [1.54, 1.807) is 0 Å². The predicted octanol–water partition coefficient (Wildman–Crippen LogP) is -1.62. The van der Waals surface area contributed by atoms with Crippen LogP contribution in [0.25, 0.3) is 0 Å². The standard InChI is InChI=1S/C3H6O2.Ca.Mg/c1-2-3(4)5;;/h2H2,1H3,(H,4,5);;/q;2*+2/p-1. The summed E-state index contributed by atoms with van der Waals surface area (Å²) in [5.74, 6) is -0.995. The predicted molar refractivity (Wildman–Crippen MR) is 26.8 cm³/mol. The first kappa shape index (κ1) is 15.8. The Kier molecular flexibility index (Phi) is 23.6. The summed E-state index contributed by atoms with van der Waals surface area (Å²) in [5.41, 5.74) is 0. The summed E-state index contributed by atoms with van der Waals surface area (Å²) < 4.78 is 0. The van der Waals surface area contributed by atoms with E-state index in [1.807, 2.05) is 0 Å². The summed E-state index contributed by atoms with van der Waals surface area (Å²) >= 11 is 0. The van der Waals surface area contributed by atoms with Crippen LogP contribution in [-0.4, -0.2) is 66.8 Å². The van der Waals surface area contributed by atoms with Crippen LogP contribution < -0.4 is 5.11 Å². The van der Waals surface area contributed by atoms with Gasteiger partial charge in [0, 0.05) is 5.97 Å². The van der Waals surface area contributed by atoms with Gasteiger partial charge in [-0.3, -0.25) is 0 Å². The van der Waals surface area contributed by atoms with Crippen LogP contribution >= 0.6 is 0 Å². The number of rotatable bonds is 1. The zero-order valence-electron chi connectivity index (χ0n) is 4.44. The number of carboxylic acids is 1. The minimum absolute atomic E-state index is 0. The molecular weight excluding hydrogens is 132 g/mol. The first-order chi connectivity index (χ1) is 2.27. The van der Waals surface area contributed by atoms with Crippen LogP contribution in [0.3, 0.4) is 0 Å². The van der Waals surface area contributed by atoms with Crippen molar-refractivity contribution in [2.24, 2.45) is 0 Å². The van der Waals surface area contributed by atoms with E-state index in [-0.39, 0.29) is 67.2 Å². The number of carbonyl (C=O) groups is 1. The van der Waals surface area contributed by atoms with Crippen molar-refractivity contribution in [2.45, 2.75) is 13.3 Å². The average molecular weight is 137 g/mol. The van der Waals surface area contributed by atoms with Crippen LogP contribution in [0.1, 0.15) is 13.3 Å². The molecule has 0 amide bonds. The Bertz CT molecular complexity index is 48.2. The van der Waals surface area contributed by atoms with E-state index in [2.05, 4.69) is 0 Å². The normalized spacial score (nSPS) is 5.29. The molecule has 0 atom stereocenters. The minimum atomic E-state index is -0.995. The number of hydrogen-bond acceptors (Lipinski definition) is 2. The van der Waals surface area contributed by atoms with Gasteiger partial charge in [0.15, 0.2) is 0 Å².